The molecule has 220 valence electrons. The predicted octanol–water partition coefficient (Wildman–Crippen LogP) is 7.40. The normalized spacial score (nSPS) is 12.1. The number of rotatable bonds is 14. The van der Waals surface area contributed by atoms with Gasteiger partial charge in [0, 0.05) is 23.4 Å². The first-order valence-corrected chi connectivity index (χ1v) is 15.1. The van der Waals surface area contributed by atoms with Gasteiger partial charge in [-0.1, -0.05) is 37.3 Å². The molecule has 0 spiro atoms. The topological polar surface area (TPSA) is 70.4 Å². The summed E-state index contributed by atoms with van der Waals surface area (Å²) >= 11 is 0. The van der Waals surface area contributed by atoms with Crippen LogP contribution in [0.25, 0.3) is 17.2 Å². The van der Waals surface area contributed by atoms with Gasteiger partial charge in [-0.2, -0.15) is 8.78 Å². The molecule has 1 atom stereocenters. The highest BCUT2D eigenvalue weighted by molar-refractivity contribution is 7.84. The lowest BCUT2D eigenvalue weighted by Crippen LogP contribution is -2.05. The molecule has 1 aromatic heterocycles. The first-order chi connectivity index (χ1) is 20.3. The van der Waals surface area contributed by atoms with E-state index in [1.54, 1.807) is 42.7 Å². The second-order valence-electron chi connectivity index (χ2n) is 9.68. The van der Waals surface area contributed by atoms with Crippen LogP contribution in [-0.4, -0.2) is 32.8 Å². The number of allylic oxidation sites excluding steroid dienone is 1. The van der Waals surface area contributed by atoms with Crippen LogP contribution in [0, 0.1) is 6.92 Å². The monoisotopic (exact) mass is 592 g/mol. The summed E-state index contributed by atoms with van der Waals surface area (Å²) < 4.78 is 51.4. The molecule has 1 unspecified atom stereocenters. The molecule has 3 aromatic carbocycles. The van der Waals surface area contributed by atoms with Crippen LogP contribution >= 0.6 is 0 Å². The van der Waals surface area contributed by atoms with E-state index in [1.165, 1.54) is 18.2 Å². The largest absolute Gasteiger partial charge is 0.494 e. The average molecular weight is 593 g/mol. The number of hydrogen-bond donors (Lipinski definition) is 0. The number of alkyl halides is 2. The fraction of sp³-hybridized carbons (Fsp3) is 0.273. The minimum Gasteiger partial charge on any atom is -0.494 e. The van der Waals surface area contributed by atoms with Crippen molar-refractivity contribution in [2.75, 3.05) is 6.61 Å². The number of imidazole rings is 1. The van der Waals surface area contributed by atoms with Crippen LogP contribution < -0.4 is 9.47 Å². The van der Waals surface area contributed by atoms with Gasteiger partial charge < -0.3 is 14.0 Å². The van der Waals surface area contributed by atoms with Gasteiger partial charge in [0.15, 0.2) is 5.78 Å². The molecule has 0 saturated heterocycles. The van der Waals surface area contributed by atoms with E-state index in [-0.39, 0.29) is 18.0 Å². The van der Waals surface area contributed by atoms with Gasteiger partial charge in [-0.05, 0) is 85.5 Å². The average Bonchev–Trinajstić information content (AvgIpc) is 3.34. The maximum atomic E-state index is 13.1. The van der Waals surface area contributed by atoms with E-state index in [9.17, 15) is 17.8 Å². The molecule has 6 nitrogen and oxygen atoms in total. The number of aryl methyl sites for hydroxylation is 2. The number of ketones is 1. The van der Waals surface area contributed by atoms with Crippen LogP contribution in [0.15, 0.2) is 84.0 Å². The Labute approximate surface area is 247 Å². The Kier molecular flexibility index (Phi) is 10.8. The fourth-order valence-electron chi connectivity index (χ4n) is 4.40. The van der Waals surface area contributed by atoms with E-state index < -0.39 is 17.4 Å². The quantitative estimate of drug-likeness (QED) is 0.143. The number of carbonyl (C=O) groups is 1. The summed E-state index contributed by atoms with van der Waals surface area (Å²) in [5, 5.41) is 0. The Morgan fingerprint density at radius 2 is 1.74 bits per heavy atom. The van der Waals surface area contributed by atoms with E-state index in [1.807, 2.05) is 49.6 Å². The van der Waals surface area contributed by atoms with Crippen molar-refractivity contribution in [2.45, 2.75) is 57.4 Å². The van der Waals surface area contributed by atoms with Gasteiger partial charge in [0.1, 0.15) is 11.5 Å². The van der Waals surface area contributed by atoms with Crippen molar-refractivity contribution in [3.05, 3.63) is 102 Å². The van der Waals surface area contributed by atoms with Gasteiger partial charge in [-0.3, -0.25) is 9.00 Å². The van der Waals surface area contributed by atoms with Gasteiger partial charge in [-0.25, -0.2) is 4.98 Å². The number of benzene rings is 3. The number of nitrogens with zero attached hydrogens (tertiary/aromatic N) is 2. The first kappa shape index (κ1) is 30.8. The SMILES string of the molecule is CCCOc1ccc(-c2ccc(OC(F)F)c(/C=C/C(=O)Cc3ccc(S(=O)Cc4c(C)ncn4CC)cc3)c2)cc1. The lowest BCUT2D eigenvalue weighted by Gasteiger charge is -2.11. The van der Waals surface area contributed by atoms with Crippen molar-refractivity contribution in [1.82, 2.24) is 9.55 Å². The molecule has 0 bridgehead atoms. The zero-order valence-corrected chi connectivity index (χ0v) is 24.7. The Hall–Kier alpha value is -4.11. The smallest absolute Gasteiger partial charge is 0.387 e. The molecule has 9 heteroatoms. The second kappa shape index (κ2) is 14.7. The van der Waals surface area contributed by atoms with Crippen LogP contribution in [0.4, 0.5) is 8.78 Å². The number of carbonyl (C=O) groups excluding carboxylic acids is 1. The van der Waals surface area contributed by atoms with Crippen LogP contribution in [-0.2, 0) is 34.3 Å². The second-order valence-corrected chi connectivity index (χ2v) is 11.1. The molecule has 0 aliphatic heterocycles. The highest BCUT2D eigenvalue weighted by atomic mass is 32.2. The molecule has 0 radical (unpaired) electrons. The van der Waals surface area contributed by atoms with Crippen molar-refractivity contribution in [3.63, 3.8) is 0 Å². The van der Waals surface area contributed by atoms with Crippen LogP contribution in [0.5, 0.6) is 11.5 Å². The third-order valence-corrected chi connectivity index (χ3v) is 8.00. The van der Waals surface area contributed by atoms with Crippen molar-refractivity contribution >= 4 is 22.7 Å². The summed E-state index contributed by atoms with van der Waals surface area (Å²) in [4.78, 5) is 17.8. The number of aromatic nitrogens is 2. The van der Waals surface area contributed by atoms with Gasteiger partial charge >= 0.3 is 6.61 Å². The van der Waals surface area contributed by atoms with Gasteiger partial charge in [-0.15, -0.1) is 0 Å². The maximum absolute atomic E-state index is 13.1. The molecule has 0 aliphatic rings. The minimum absolute atomic E-state index is 0.0211. The molecule has 0 N–H and O–H groups in total. The van der Waals surface area contributed by atoms with E-state index in [4.69, 9.17) is 9.47 Å². The first-order valence-electron chi connectivity index (χ1n) is 13.8. The predicted molar refractivity (Wildman–Crippen MR) is 161 cm³/mol. The van der Waals surface area contributed by atoms with Gasteiger partial charge in [0.2, 0.25) is 0 Å². The Morgan fingerprint density at radius 3 is 2.40 bits per heavy atom. The number of ether oxygens (including phenoxy) is 2. The van der Waals surface area contributed by atoms with Crippen molar-refractivity contribution in [1.29, 1.82) is 0 Å². The summed E-state index contributed by atoms with van der Waals surface area (Å²) in [6, 6.07) is 19.5. The Balaban J connectivity index is 1.44. The van der Waals surface area contributed by atoms with E-state index in [0.29, 0.717) is 22.8 Å². The fourth-order valence-corrected chi connectivity index (χ4v) is 5.63. The molecule has 4 rings (SSSR count). The van der Waals surface area contributed by atoms with E-state index in [2.05, 4.69) is 4.98 Å². The summed E-state index contributed by atoms with van der Waals surface area (Å²) in [7, 11) is -1.26. The summed E-state index contributed by atoms with van der Waals surface area (Å²) in [6.07, 6.45) is 5.62. The molecule has 0 fully saturated rings. The number of hydrogen-bond acceptors (Lipinski definition) is 5. The minimum atomic E-state index is -3.00. The standard InChI is InChI=1S/C33H34F2N2O4S/c1-4-18-40-29-13-9-25(10-14-29)26-11-17-32(41-33(34)35)27(20-26)8-12-28(38)19-24-6-15-30(16-7-24)42(39)21-31-23(3)36-22-37(31)5-2/h6-17,20,22,33H,4-5,18-19,21H2,1-3H3/b12-8+. The number of halogens is 2. The lowest BCUT2D eigenvalue weighted by atomic mass is 10.0. The van der Waals surface area contributed by atoms with Crippen molar-refractivity contribution in [2.24, 2.45) is 0 Å². The molecule has 1 heterocycles. The van der Waals surface area contributed by atoms with Crippen LogP contribution in [0.3, 0.4) is 0 Å². The Morgan fingerprint density at radius 1 is 1.02 bits per heavy atom. The lowest BCUT2D eigenvalue weighted by molar-refractivity contribution is -0.113. The summed E-state index contributed by atoms with van der Waals surface area (Å²) in [5.74, 6) is 0.881. The maximum Gasteiger partial charge on any atom is 0.387 e. The molecular weight excluding hydrogens is 558 g/mol. The van der Waals surface area contributed by atoms with Gasteiger partial charge in [0.25, 0.3) is 0 Å². The van der Waals surface area contributed by atoms with Crippen LogP contribution in [0.2, 0.25) is 0 Å². The zero-order valence-electron chi connectivity index (χ0n) is 23.9. The highest BCUT2D eigenvalue weighted by Crippen LogP contribution is 2.30. The molecular formula is C33H34F2N2O4S. The molecule has 4 aromatic rings. The molecule has 0 aliphatic carbocycles. The molecule has 0 saturated carbocycles. The van der Waals surface area contributed by atoms with Crippen LogP contribution in [0.1, 0.15) is 42.8 Å². The zero-order chi connectivity index (χ0) is 30.1. The van der Waals surface area contributed by atoms with Crippen molar-refractivity contribution < 1.29 is 27.3 Å². The van der Waals surface area contributed by atoms with Gasteiger partial charge in [0.05, 0.1) is 40.9 Å². The third-order valence-electron chi connectivity index (χ3n) is 6.66. The summed E-state index contributed by atoms with van der Waals surface area (Å²) in [6.45, 7) is 4.33. The Bertz CT molecular complexity index is 1550. The van der Waals surface area contributed by atoms with E-state index in [0.717, 1.165) is 46.8 Å². The van der Waals surface area contributed by atoms with E-state index >= 15 is 0 Å². The molecule has 42 heavy (non-hydrogen) atoms. The summed E-state index contributed by atoms with van der Waals surface area (Å²) in [5.41, 5.74) is 4.57. The molecule has 0 amide bonds. The van der Waals surface area contributed by atoms with Crippen molar-refractivity contribution in [3.8, 4) is 22.6 Å². The third kappa shape index (κ3) is 8.22. The highest BCUT2D eigenvalue weighted by Gasteiger charge is 2.13.